The first kappa shape index (κ1) is 19.8. The zero-order valence-corrected chi connectivity index (χ0v) is 17.0. The third-order valence-corrected chi connectivity index (χ3v) is 4.72. The Labute approximate surface area is 167 Å². The van der Waals surface area contributed by atoms with Crippen LogP contribution in [0.1, 0.15) is 11.1 Å². The topological polar surface area (TPSA) is 66.1 Å². The Balaban J connectivity index is 1.75. The number of nitrogens with two attached hydrogens (primary N) is 1. The van der Waals surface area contributed by atoms with Gasteiger partial charge >= 0.3 is 0 Å². The molecule has 0 radical (unpaired) electrons. The number of likely N-dealkylation sites (N-methyl/N-ethyl adjacent to an activating group) is 1. The lowest BCUT2D eigenvalue weighted by molar-refractivity contribution is 0.414. The molecule has 2 aromatic rings. The van der Waals surface area contributed by atoms with Crippen molar-refractivity contribution in [1.29, 1.82) is 0 Å². The van der Waals surface area contributed by atoms with Crippen molar-refractivity contribution in [3.8, 4) is 5.75 Å². The number of rotatable bonds is 6. The standard InChI is InChI=1S/C22H29N5O/c1-16-5-9-18(10-6-16)27-20(23)15-21(26(2)3)25-22(27)24-14-13-17-7-11-19(28-4)12-8-17/h5-12,15,22,24H,13-14,23H2,1-4H3. The van der Waals surface area contributed by atoms with Crippen LogP contribution in [0, 0.1) is 6.92 Å². The number of anilines is 1. The van der Waals surface area contributed by atoms with Gasteiger partial charge in [0.1, 0.15) is 17.4 Å². The molecule has 1 atom stereocenters. The molecular formula is C22H29N5O. The van der Waals surface area contributed by atoms with E-state index in [2.05, 4.69) is 48.6 Å². The number of aryl methyl sites for hydroxylation is 1. The summed E-state index contributed by atoms with van der Waals surface area (Å²) >= 11 is 0. The SMILES string of the molecule is COc1ccc(CCNC2N=C(N(C)C)C=C(N)N2c2ccc(C)cc2)cc1. The highest BCUT2D eigenvalue weighted by atomic mass is 16.5. The first-order valence-electron chi connectivity index (χ1n) is 9.42. The monoisotopic (exact) mass is 379 g/mol. The van der Waals surface area contributed by atoms with Crippen LogP contribution in [0.15, 0.2) is 65.4 Å². The van der Waals surface area contributed by atoms with Crippen molar-refractivity contribution in [2.45, 2.75) is 19.6 Å². The fraction of sp³-hybridized carbons (Fsp3) is 0.318. The van der Waals surface area contributed by atoms with Crippen LogP contribution in [0.25, 0.3) is 0 Å². The van der Waals surface area contributed by atoms with E-state index in [1.54, 1.807) is 7.11 Å². The third-order valence-electron chi connectivity index (χ3n) is 4.72. The lowest BCUT2D eigenvalue weighted by Crippen LogP contribution is -2.50. The van der Waals surface area contributed by atoms with Crippen LogP contribution in [0.5, 0.6) is 5.75 Å². The maximum Gasteiger partial charge on any atom is 0.183 e. The number of benzene rings is 2. The van der Waals surface area contributed by atoms with Crippen molar-refractivity contribution in [3.05, 3.63) is 71.6 Å². The van der Waals surface area contributed by atoms with Gasteiger partial charge in [0.15, 0.2) is 6.29 Å². The summed E-state index contributed by atoms with van der Waals surface area (Å²) in [5.74, 6) is 2.39. The van der Waals surface area contributed by atoms with Crippen molar-refractivity contribution in [2.75, 3.05) is 32.6 Å². The molecule has 0 aromatic heterocycles. The number of aliphatic imine (C=N–C) groups is 1. The molecule has 2 aromatic carbocycles. The second-order valence-corrected chi connectivity index (χ2v) is 7.08. The number of ether oxygens (including phenoxy) is 1. The number of methoxy groups -OCH3 is 1. The third kappa shape index (κ3) is 4.64. The van der Waals surface area contributed by atoms with Crippen LogP contribution in [0.2, 0.25) is 0 Å². The minimum absolute atomic E-state index is 0.261. The van der Waals surface area contributed by atoms with Gasteiger partial charge < -0.3 is 15.4 Å². The van der Waals surface area contributed by atoms with Gasteiger partial charge in [0.25, 0.3) is 0 Å². The molecule has 0 saturated carbocycles. The van der Waals surface area contributed by atoms with E-state index >= 15 is 0 Å². The minimum Gasteiger partial charge on any atom is -0.497 e. The van der Waals surface area contributed by atoms with Crippen molar-refractivity contribution in [3.63, 3.8) is 0 Å². The average Bonchev–Trinajstić information content (AvgIpc) is 2.69. The Morgan fingerprint density at radius 3 is 2.39 bits per heavy atom. The molecule has 1 aliphatic heterocycles. The van der Waals surface area contributed by atoms with Crippen LogP contribution in [-0.4, -0.2) is 44.8 Å². The van der Waals surface area contributed by atoms with Gasteiger partial charge in [-0.15, -0.1) is 0 Å². The van der Waals surface area contributed by atoms with Crippen molar-refractivity contribution < 1.29 is 4.74 Å². The zero-order chi connectivity index (χ0) is 20.1. The van der Waals surface area contributed by atoms with Gasteiger partial charge in [0, 0.05) is 32.4 Å². The van der Waals surface area contributed by atoms with Crippen LogP contribution in [0.4, 0.5) is 5.69 Å². The largest absolute Gasteiger partial charge is 0.497 e. The molecule has 0 aliphatic carbocycles. The Kier molecular flexibility index (Phi) is 6.21. The van der Waals surface area contributed by atoms with Crippen LogP contribution in [-0.2, 0) is 6.42 Å². The summed E-state index contributed by atoms with van der Waals surface area (Å²) in [5, 5.41) is 3.54. The molecule has 0 amide bonds. The summed E-state index contributed by atoms with van der Waals surface area (Å²) in [6.45, 7) is 2.85. The number of amidine groups is 1. The van der Waals surface area contributed by atoms with Gasteiger partial charge in [-0.3, -0.25) is 10.2 Å². The van der Waals surface area contributed by atoms with Crippen LogP contribution in [0.3, 0.4) is 0 Å². The van der Waals surface area contributed by atoms with Gasteiger partial charge in [-0.25, -0.2) is 4.99 Å². The molecule has 0 bridgehead atoms. The summed E-state index contributed by atoms with van der Waals surface area (Å²) in [5.41, 5.74) is 9.88. The van der Waals surface area contributed by atoms with E-state index in [9.17, 15) is 0 Å². The van der Waals surface area contributed by atoms with Crippen molar-refractivity contribution >= 4 is 11.5 Å². The van der Waals surface area contributed by atoms with E-state index in [-0.39, 0.29) is 6.29 Å². The number of nitrogens with zero attached hydrogens (tertiary/aromatic N) is 3. The van der Waals surface area contributed by atoms with E-state index in [1.807, 2.05) is 42.1 Å². The molecule has 1 unspecified atom stereocenters. The highest BCUT2D eigenvalue weighted by Gasteiger charge is 2.25. The fourth-order valence-electron chi connectivity index (χ4n) is 3.08. The van der Waals surface area contributed by atoms with E-state index in [0.29, 0.717) is 5.82 Å². The van der Waals surface area contributed by atoms with Gasteiger partial charge in [-0.2, -0.15) is 0 Å². The summed E-state index contributed by atoms with van der Waals surface area (Å²) in [7, 11) is 5.62. The fourth-order valence-corrected chi connectivity index (χ4v) is 3.08. The number of nitrogens with one attached hydrogen (secondary N) is 1. The predicted molar refractivity (Wildman–Crippen MR) is 116 cm³/mol. The van der Waals surface area contributed by atoms with Crippen molar-refractivity contribution in [2.24, 2.45) is 10.7 Å². The molecule has 0 spiro atoms. The molecule has 3 N–H and O–H groups in total. The summed E-state index contributed by atoms with van der Waals surface area (Å²) in [4.78, 5) is 8.85. The first-order valence-corrected chi connectivity index (χ1v) is 9.42. The molecule has 1 heterocycles. The maximum atomic E-state index is 6.41. The summed E-state index contributed by atoms with van der Waals surface area (Å²) in [6.07, 6.45) is 2.53. The Morgan fingerprint density at radius 2 is 1.79 bits per heavy atom. The lowest BCUT2D eigenvalue weighted by Gasteiger charge is -2.36. The molecule has 0 saturated heterocycles. The van der Waals surface area contributed by atoms with Crippen LogP contribution < -0.4 is 20.7 Å². The normalized spacial score (nSPS) is 16.4. The summed E-state index contributed by atoms with van der Waals surface area (Å²) < 4.78 is 5.22. The maximum absolute atomic E-state index is 6.41. The van der Waals surface area contributed by atoms with Gasteiger partial charge in [-0.1, -0.05) is 29.8 Å². The van der Waals surface area contributed by atoms with E-state index in [1.165, 1.54) is 11.1 Å². The molecule has 1 aliphatic rings. The zero-order valence-electron chi connectivity index (χ0n) is 17.0. The Bertz CT molecular complexity index is 840. The molecule has 148 valence electrons. The second-order valence-electron chi connectivity index (χ2n) is 7.08. The van der Waals surface area contributed by atoms with Gasteiger partial charge in [0.2, 0.25) is 0 Å². The molecule has 28 heavy (non-hydrogen) atoms. The predicted octanol–water partition coefficient (Wildman–Crippen LogP) is 2.70. The summed E-state index contributed by atoms with van der Waals surface area (Å²) in [6, 6.07) is 16.5. The van der Waals surface area contributed by atoms with Gasteiger partial charge in [0.05, 0.1) is 7.11 Å². The first-order chi connectivity index (χ1) is 13.5. The van der Waals surface area contributed by atoms with Crippen LogP contribution >= 0.6 is 0 Å². The second kappa shape index (κ2) is 8.80. The number of hydrogen-bond donors (Lipinski definition) is 2. The highest BCUT2D eigenvalue weighted by Crippen LogP contribution is 2.23. The van der Waals surface area contributed by atoms with E-state index in [0.717, 1.165) is 30.2 Å². The molecular weight excluding hydrogens is 350 g/mol. The Hall–Kier alpha value is -2.99. The minimum atomic E-state index is -0.261. The number of hydrogen-bond acceptors (Lipinski definition) is 6. The molecule has 6 nitrogen and oxygen atoms in total. The lowest BCUT2D eigenvalue weighted by atomic mass is 10.1. The molecule has 0 fully saturated rings. The van der Waals surface area contributed by atoms with Crippen molar-refractivity contribution in [1.82, 2.24) is 10.2 Å². The van der Waals surface area contributed by atoms with E-state index < -0.39 is 0 Å². The Morgan fingerprint density at radius 1 is 1.11 bits per heavy atom. The van der Waals surface area contributed by atoms with E-state index in [4.69, 9.17) is 15.5 Å². The van der Waals surface area contributed by atoms with Gasteiger partial charge in [-0.05, 0) is 43.2 Å². The smallest absolute Gasteiger partial charge is 0.183 e. The quantitative estimate of drug-likeness (QED) is 0.808. The average molecular weight is 380 g/mol. The molecule has 3 rings (SSSR count). The highest BCUT2D eigenvalue weighted by molar-refractivity contribution is 5.95. The molecule has 6 heteroatoms.